The largest absolute Gasteiger partial charge is 0.296 e. The number of aromatic nitrogens is 1. The van der Waals surface area contributed by atoms with E-state index >= 15 is 0 Å². The maximum Gasteiger partial charge on any atom is 0.0363 e. The van der Waals surface area contributed by atoms with Gasteiger partial charge in [0, 0.05) is 18.4 Å². The molecule has 2 heterocycles. The normalized spacial score (nSPS) is 21.9. The number of nitrogens with zero attached hydrogens (tertiary/aromatic N) is 2. The molecule has 1 saturated heterocycles. The second kappa shape index (κ2) is 6.15. The van der Waals surface area contributed by atoms with E-state index in [0.29, 0.717) is 6.04 Å². The third-order valence-corrected chi connectivity index (χ3v) is 3.68. The van der Waals surface area contributed by atoms with Gasteiger partial charge in [0.15, 0.2) is 0 Å². The van der Waals surface area contributed by atoms with Crippen LogP contribution in [0.5, 0.6) is 0 Å². The Bertz CT molecular complexity index is 321. The van der Waals surface area contributed by atoms with Gasteiger partial charge in [0.25, 0.3) is 0 Å². The predicted molar refractivity (Wildman–Crippen MR) is 71.9 cm³/mol. The fraction of sp³-hybridized carbons (Fsp3) is 0.667. The van der Waals surface area contributed by atoms with Crippen molar-refractivity contribution in [2.75, 3.05) is 13.1 Å². The van der Waals surface area contributed by atoms with Crippen LogP contribution in [-0.2, 0) is 0 Å². The number of hydrogen-bond acceptors (Lipinski definition) is 2. The molecule has 0 amide bonds. The van der Waals surface area contributed by atoms with Crippen molar-refractivity contribution >= 4 is 0 Å². The maximum absolute atomic E-state index is 4.26. The van der Waals surface area contributed by atoms with Crippen molar-refractivity contribution in [3.8, 4) is 0 Å². The van der Waals surface area contributed by atoms with Crippen molar-refractivity contribution < 1.29 is 0 Å². The lowest BCUT2D eigenvalue weighted by Crippen LogP contribution is -2.34. The number of hydrogen-bond donors (Lipinski definition) is 0. The molecule has 1 aromatic rings. The van der Waals surface area contributed by atoms with Gasteiger partial charge < -0.3 is 0 Å². The Kier molecular flexibility index (Phi) is 4.55. The Morgan fingerprint density at radius 1 is 1.41 bits per heavy atom. The lowest BCUT2D eigenvalue weighted by atomic mass is 9.95. The van der Waals surface area contributed by atoms with E-state index in [1.54, 1.807) is 0 Å². The zero-order valence-corrected chi connectivity index (χ0v) is 11.1. The van der Waals surface area contributed by atoms with E-state index in [9.17, 15) is 0 Å². The molecule has 1 aliphatic heterocycles. The van der Waals surface area contributed by atoms with E-state index in [2.05, 4.69) is 35.9 Å². The van der Waals surface area contributed by atoms with Gasteiger partial charge in [-0.05, 0) is 49.9 Å². The summed E-state index contributed by atoms with van der Waals surface area (Å²) >= 11 is 0. The van der Waals surface area contributed by atoms with Gasteiger partial charge in [0.2, 0.25) is 0 Å². The van der Waals surface area contributed by atoms with Crippen LogP contribution in [0, 0.1) is 5.92 Å². The summed E-state index contributed by atoms with van der Waals surface area (Å²) in [7, 11) is 0. The molecular formula is C15H24N2. The molecule has 2 rings (SSSR count). The lowest BCUT2D eigenvalue weighted by Gasteiger charge is -2.36. The highest BCUT2D eigenvalue weighted by atomic mass is 15.2. The Labute approximate surface area is 105 Å². The molecule has 0 N–H and O–H groups in total. The van der Waals surface area contributed by atoms with E-state index in [1.165, 1.54) is 44.3 Å². The number of piperidine rings is 1. The first-order chi connectivity index (χ1) is 8.27. The predicted octanol–water partition coefficient (Wildman–Crippen LogP) is 3.65. The smallest absolute Gasteiger partial charge is 0.0363 e. The molecule has 0 saturated carbocycles. The van der Waals surface area contributed by atoms with Gasteiger partial charge in [-0.25, -0.2) is 0 Å². The third kappa shape index (κ3) is 3.53. The molecule has 0 aliphatic carbocycles. The molecule has 0 radical (unpaired) electrons. The zero-order valence-electron chi connectivity index (χ0n) is 11.1. The van der Waals surface area contributed by atoms with E-state index < -0.39 is 0 Å². The van der Waals surface area contributed by atoms with Crippen LogP contribution in [0.25, 0.3) is 0 Å². The van der Waals surface area contributed by atoms with Crippen LogP contribution >= 0.6 is 0 Å². The van der Waals surface area contributed by atoms with Crippen LogP contribution in [-0.4, -0.2) is 23.0 Å². The summed E-state index contributed by atoms with van der Waals surface area (Å²) in [4.78, 5) is 6.92. The molecule has 0 bridgehead atoms. The molecule has 0 unspecified atom stereocenters. The van der Waals surface area contributed by atoms with Gasteiger partial charge in [-0.2, -0.15) is 0 Å². The summed E-state index contributed by atoms with van der Waals surface area (Å²) in [5.74, 6) is 0.798. The average Bonchev–Trinajstić information content (AvgIpc) is 2.38. The molecule has 94 valence electrons. The maximum atomic E-state index is 4.26. The molecule has 1 fully saturated rings. The molecule has 1 aromatic heterocycles. The lowest BCUT2D eigenvalue weighted by molar-refractivity contribution is 0.141. The Morgan fingerprint density at radius 3 is 3.00 bits per heavy atom. The van der Waals surface area contributed by atoms with Gasteiger partial charge in [0.05, 0.1) is 0 Å². The molecule has 0 aromatic carbocycles. The number of rotatable bonds is 4. The molecule has 17 heavy (non-hydrogen) atoms. The second-order valence-electron chi connectivity index (χ2n) is 5.52. The Morgan fingerprint density at radius 2 is 2.29 bits per heavy atom. The third-order valence-electron chi connectivity index (χ3n) is 3.68. The molecule has 1 aliphatic rings. The van der Waals surface area contributed by atoms with Crippen molar-refractivity contribution in [3.05, 3.63) is 30.1 Å². The van der Waals surface area contributed by atoms with Gasteiger partial charge >= 0.3 is 0 Å². The SMILES string of the molecule is CC(C)CCN1CCCC[C@H]1c1cccnc1. The highest BCUT2D eigenvalue weighted by molar-refractivity contribution is 5.14. The van der Waals surface area contributed by atoms with Crippen molar-refractivity contribution in [1.82, 2.24) is 9.88 Å². The summed E-state index contributed by atoms with van der Waals surface area (Å²) < 4.78 is 0. The minimum absolute atomic E-state index is 0.608. The molecule has 0 spiro atoms. The van der Waals surface area contributed by atoms with E-state index in [0.717, 1.165) is 5.92 Å². The molecular weight excluding hydrogens is 208 g/mol. The first-order valence-corrected chi connectivity index (χ1v) is 6.91. The quantitative estimate of drug-likeness (QED) is 0.787. The van der Waals surface area contributed by atoms with Crippen molar-refractivity contribution in [1.29, 1.82) is 0 Å². The van der Waals surface area contributed by atoms with Crippen LogP contribution in [0.15, 0.2) is 24.5 Å². The van der Waals surface area contributed by atoms with Gasteiger partial charge in [0.1, 0.15) is 0 Å². The molecule has 2 nitrogen and oxygen atoms in total. The van der Waals surface area contributed by atoms with Crippen LogP contribution in [0.1, 0.15) is 51.1 Å². The highest BCUT2D eigenvalue weighted by Crippen LogP contribution is 2.30. The minimum Gasteiger partial charge on any atom is -0.296 e. The first kappa shape index (κ1) is 12.6. The van der Waals surface area contributed by atoms with E-state index in [-0.39, 0.29) is 0 Å². The Hall–Kier alpha value is -0.890. The number of pyridine rings is 1. The molecule has 1 atom stereocenters. The molecule has 2 heteroatoms. The van der Waals surface area contributed by atoms with Crippen LogP contribution < -0.4 is 0 Å². The summed E-state index contributed by atoms with van der Waals surface area (Å²) in [6.45, 7) is 7.11. The summed E-state index contributed by atoms with van der Waals surface area (Å²) in [5.41, 5.74) is 1.40. The van der Waals surface area contributed by atoms with Gasteiger partial charge in [-0.1, -0.05) is 26.3 Å². The Balaban J connectivity index is 2.02. The summed E-state index contributed by atoms with van der Waals surface area (Å²) in [6.07, 6.45) is 9.22. The fourth-order valence-corrected chi connectivity index (χ4v) is 2.63. The standard InChI is InChI=1S/C15H24N2/c1-13(2)8-11-17-10-4-3-7-15(17)14-6-5-9-16-12-14/h5-6,9,12-13,15H,3-4,7-8,10-11H2,1-2H3/t15-/m0/s1. The number of likely N-dealkylation sites (tertiary alicyclic amines) is 1. The fourth-order valence-electron chi connectivity index (χ4n) is 2.63. The first-order valence-electron chi connectivity index (χ1n) is 6.91. The van der Waals surface area contributed by atoms with E-state index in [1.807, 2.05) is 12.4 Å². The van der Waals surface area contributed by atoms with Gasteiger partial charge in [-0.15, -0.1) is 0 Å². The monoisotopic (exact) mass is 232 g/mol. The summed E-state index contributed by atoms with van der Waals surface area (Å²) in [6, 6.07) is 4.90. The van der Waals surface area contributed by atoms with Crippen molar-refractivity contribution in [3.63, 3.8) is 0 Å². The average molecular weight is 232 g/mol. The second-order valence-corrected chi connectivity index (χ2v) is 5.52. The van der Waals surface area contributed by atoms with Crippen molar-refractivity contribution in [2.45, 2.75) is 45.6 Å². The van der Waals surface area contributed by atoms with Gasteiger partial charge in [-0.3, -0.25) is 9.88 Å². The zero-order chi connectivity index (χ0) is 12.1. The highest BCUT2D eigenvalue weighted by Gasteiger charge is 2.23. The van der Waals surface area contributed by atoms with Crippen LogP contribution in [0.2, 0.25) is 0 Å². The van der Waals surface area contributed by atoms with Crippen LogP contribution in [0.4, 0.5) is 0 Å². The minimum atomic E-state index is 0.608. The van der Waals surface area contributed by atoms with Crippen molar-refractivity contribution in [2.24, 2.45) is 5.92 Å². The van der Waals surface area contributed by atoms with E-state index in [4.69, 9.17) is 0 Å². The van der Waals surface area contributed by atoms with Crippen LogP contribution in [0.3, 0.4) is 0 Å². The summed E-state index contributed by atoms with van der Waals surface area (Å²) in [5, 5.41) is 0. The topological polar surface area (TPSA) is 16.1 Å².